The van der Waals surface area contributed by atoms with Gasteiger partial charge in [-0.05, 0) is 30.7 Å². The van der Waals surface area contributed by atoms with Crippen LogP contribution >= 0.6 is 11.8 Å². The molecule has 88 valence electrons. The van der Waals surface area contributed by atoms with Gasteiger partial charge in [-0.2, -0.15) is 0 Å². The summed E-state index contributed by atoms with van der Waals surface area (Å²) in [7, 11) is 0. The van der Waals surface area contributed by atoms with Gasteiger partial charge in [0.2, 0.25) is 5.12 Å². The van der Waals surface area contributed by atoms with E-state index in [1.165, 1.54) is 11.8 Å². The monoisotopic (exact) mass is 241 g/mol. The summed E-state index contributed by atoms with van der Waals surface area (Å²) < 4.78 is 4.75. The van der Waals surface area contributed by atoms with Crippen LogP contribution in [0.3, 0.4) is 0 Å². The first-order chi connectivity index (χ1) is 7.74. The molecule has 0 aliphatic heterocycles. The molecule has 0 saturated heterocycles. The maximum atomic E-state index is 11.6. The van der Waals surface area contributed by atoms with Crippen molar-refractivity contribution in [1.29, 1.82) is 0 Å². The summed E-state index contributed by atoms with van der Waals surface area (Å²) in [5, 5.41) is 8.40. The number of aliphatic hydroxyl groups excluding tert-OH is 1. The number of hydrogen-bond acceptors (Lipinski definition) is 5. The molecule has 0 amide bonds. The highest BCUT2D eigenvalue weighted by Crippen LogP contribution is 2.14. The Bertz CT molecular complexity index is 327. The second-order valence-corrected chi connectivity index (χ2v) is 4.22. The molecule has 4 nitrogen and oxygen atoms in total. The van der Waals surface area contributed by atoms with Crippen LogP contribution in [0.2, 0.25) is 0 Å². The number of nitrogens with two attached hydrogens (primary N) is 1. The van der Waals surface area contributed by atoms with Gasteiger partial charge in [0, 0.05) is 17.0 Å². The smallest absolute Gasteiger partial charge is 0.219 e. The number of carbonyl (C=O) groups excluding carboxylic acids is 1. The van der Waals surface area contributed by atoms with E-state index in [9.17, 15) is 4.79 Å². The molecule has 0 spiro atoms. The zero-order chi connectivity index (χ0) is 11.8. The van der Waals surface area contributed by atoms with Crippen LogP contribution in [-0.2, 0) is 4.74 Å². The van der Waals surface area contributed by atoms with Crippen LogP contribution in [-0.4, -0.2) is 29.4 Å². The largest absolute Gasteiger partial charge is 0.399 e. The van der Waals surface area contributed by atoms with Gasteiger partial charge in [0.25, 0.3) is 0 Å². The number of nitrogen functional groups attached to an aromatic ring is 1. The first-order valence-electron chi connectivity index (χ1n) is 4.95. The number of ether oxygens (including phenoxy) is 1. The summed E-state index contributed by atoms with van der Waals surface area (Å²) in [6.07, 6.45) is 0.742. The molecule has 1 rings (SSSR count). The molecule has 1 aromatic carbocycles. The number of carbonyl (C=O) groups is 1. The molecule has 0 unspecified atom stereocenters. The lowest BCUT2D eigenvalue weighted by Gasteiger charge is -2.01. The summed E-state index contributed by atoms with van der Waals surface area (Å²) in [6.45, 7) is 0.203. The van der Waals surface area contributed by atoms with Crippen molar-refractivity contribution in [3.05, 3.63) is 29.8 Å². The molecule has 0 aliphatic rings. The highest BCUT2D eigenvalue weighted by molar-refractivity contribution is 8.14. The third kappa shape index (κ3) is 4.65. The molecular weight excluding hydrogens is 226 g/mol. The van der Waals surface area contributed by atoms with Gasteiger partial charge in [-0.1, -0.05) is 11.8 Å². The lowest BCUT2D eigenvalue weighted by molar-refractivity contribution is -0.000530. The lowest BCUT2D eigenvalue weighted by Crippen LogP contribution is -2.00. The van der Waals surface area contributed by atoms with E-state index in [2.05, 4.69) is 0 Å². The van der Waals surface area contributed by atoms with E-state index in [1.54, 1.807) is 24.3 Å². The molecule has 0 fully saturated rings. The van der Waals surface area contributed by atoms with E-state index in [4.69, 9.17) is 15.6 Å². The number of rotatable bonds is 6. The standard InChI is InChI=1S/C11H15NO3S/c12-10-4-2-9(3-5-10)11(14)16-7-1-6-15-8-13/h2-5,13H,1,6-8,12H2. The fourth-order valence-electron chi connectivity index (χ4n) is 1.09. The van der Waals surface area contributed by atoms with Crippen molar-refractivity contribution >= 4 is 22.6 Å². The van der Waals surface area contributed by atoms with Crippen molar-refractivity contribution in [2.45, 2.75) is 6.42 Å². The van der Waals surface area contributed by atoms with Gasteiger partial charge in [0.1, 0.15) is 6.79 Å². The average molecular weight is 241 g/mol. The molecule has 0 aliphatic carbocycles. The third-order valence-electron chi connectivity index (χ3n) is 1.90. The van der Waals surface area contributed by atoms with Crippen molar-refractivity contribution in [1.82, 2.24) is 0 Å². The fourth-order valence-corrected chi connectivity index (χ4v) is 1.84. The van der Waals surface area contributed by atoms with E-state index in [1.807, 2.05) is 0 Å². The maximum absolute atomic E-state index is 11.6. The Morgan fingerprint density at radius 1 is 1.38 bits per heavy atom. The lowest BCUT2D eigenvalue weighted by atomic mass is 10.2. The second kappa shape index (κ2) is 7.27. The van der Waals surface area contributed by atoms with Crippen molar-refractivity contribution in [3.63, 3.8) is 0 Å². The van der Waals surface area contributed by atoms with Crippen LogP contribution < -0.4 is 5.73 Å². The number of benzene rings is 1. The average Bonchev–Trinajstić information content (AvgIpc) is 2.29. The summed E-state index contributed by atoms with van der Waals surface area (Å²) in [4.78, 5) is 11.6. The summed E-state index contributed by atoms with van der Waals surface area (Å²) >= 11 is 1.24. The van der Waals surface area contributed by atoms with Crippen LogP contribution in [0.15, 0.2) is 24.3 Å². The van der Waals surface area contributed by atoms with Gasteiger partial charge in [0.15, 0.2) is 0 Å². The third-order valence-corrected chi connectivity index (χ3v) is 2.89. The van der Waals surface area contributed by atoms with E-state index in [0.29, 0.717) is 23.6 Å². The topological polar surface area (TPSA) is 72.6 Å². The summed E-state index contributed by atoms with van der Waals surface area (Å²) in [6, 6.07) is 6.86. The van der Waals surface area contributed by atoms with Crippen molar-refractivity contribution < 1.29 is 14.6 Å². The fraction of sp³-hybridized carbons (Fsp3) is 0.364. The van der Waals surface area contributed by atoms with Crippen LogP contribution in [0.5, 0.6) is 0 Å². The SMILES string of the molecule is Nc1ccc(C(=O)SCCCOCO)cc1. The zero-order valence-corrected chi connectivity index (χ0v) is 9.70. The number of thioether (sulfide) groups is 1. The van der Waals surface area contributed by atoms with Gasteiger partial charge in [-0.3, -0.25) is 4.79 Å². The predicted octanol–water partition coefficient (Wildman–Crippen LogP) is 1.50. The summed E-state index contributed by atoms with van der Waals surface area (Å²) in [5.74, 6) is 0.684. The Kier molecular flexibility index (Phi) is 5.92. The second-order valence-electron chi connectivity index (χ2n) is 3.15. The molecule has 0 atom stereocenters. The van der Waals surface area contributed by atoms with Gasteiger partial charge >= 0.3 is 0 Å². The first kappa shape index (κ1) is 13.0. The minimum Gasteiger partial charge on any atom is -0.399 e. The van der Waals surface area contributed by atoms with E-state index >= 15 is 0 Å². The quantitative estimate of drug-likeness (QED) is 0.448. The van der Waals surface area contributed by atoms with Gasteiger partial charge in [-0.25, -0.2) is 0 Å². The number of hydrogen-bond donors (Lipinski definition) is 2. The van der Waals surface area contributed by atoms with Crippen molar-refractivity contribution in [2.24, 2.45) is 0 Å². The highest BCUT2D eigenvalue weighted by Gasteiger charge is 2.05. The van der Waals surface area contributed by atoms with Crippen molar-refractivity contribution in [2.75, 3.05) is 24.9 Å². The van der Waals surface area contributed by atoms with Gasteiger partial charge in [-0.15, -0.1) is 0 Å². The molecule has 0 bridgehead atoms. The first-order valence-corrected chi connectivity index (χ1v) is 5.94. The predicted molar refractivity (Wildman–Crippen MR) is 65.3 cm³/mol. The summed E-state index contributed by atoms with van der Waals surface area (Å²) in [5.41, 5.74) is 6.83. The Balaban J connectivity index is 2.27. The Labute approximate surface area is 98.8 Å². The molecule has 0 saturated carbocycles. The minimum absolute atomic E-state index is 0.0315. The van der Waals surface area contributed by atoms with E-state index in [-0.39, 0.29) is 11.9 Å². The van der Waals surface area contributed by atoms with Crippen LogP contribution in [0.4, 0.5) is 5.69 Å². The van der Waals surface area contributed by atoms with Crippen LogP contribution in [0.25, 0.3) is 0 Å². The molecule has 3 N–H and O–H groups in total. The van der Waals surface area contributed by atoms with Gasteiger partial charge in [0.05, 0.1) is 6.61 Å². The van der Waals surface area contributed by atoms with Gasteiger partial charge < -0.3 is 15.6 Å². The Morgan fingerprint density at radius 3 is 2.69 bits per heavy atom. The van der Waals surface area contributed by atoms with E-state index < -0.39 is 0 Å². The Hall–Kier alpha value is -1.04. The normalized spacial score (nSPS) is 10.3. The number of aliphatic hydroxyl groups is 1. The maximum Gasteiger partial charge on any atom is 0.219 e. The van der Waals surface area contributed by atoms with E-state index in [0.717, 1.165) is 6.42 Å². The molecule has 0 heterocycles. The van der Waals surface area contributed by atoms with Crippen molar-refractivity contribution in [3.8, 4) is 0 Å². The Morgan fingerprint density at radius 2 is 2.06 bits per heavy atom. The molecule has 16 heavy (non-hydrogen) atoms. The van der Waals surface area contributed by atoms with Crippen LogP contribution in [0, 0.1) is 0 Å². The molecular formula is C11H15NO3S. The highest BCUT2D eigenvalue weighted by atomic mass is 32.2. The number of anilines is 1. The zero-order valence-electron chi connectivity index (χ0n) is 8.89. The minimum atomic E-state index is -0.267. The van der Waals surface area contributed by atoms with Crippen LogP contribution in [0.1, 0.15) is 16.8 Å². The molecule has 1 aromatic rings. The molecule has 0 radical (unpaired) electrons. The molecule has 0 aromatic heterocycles. The molecule has 5 heteroatoms.